The van der Waals surface area contributed by atoms with Gasteiger partial charge in [-0.25, -0.2) is 9.37 Å². The van der Waals surface area contributed by atoms with E-state index in [4.69, 9.17) is 13.9 Å². The number of halogens is 1. The van der Waals surface area contributed by atoms with Crippen LogP contribution in [0.3, 0.4) is 0 Å². The Labute approximate surface area is 146 Å². The van der Waals surface area contributed by atoms with Crippen LogP contribution in [0, 0.1) is 5.82 Å². The number of pyridine rings is 1. The fourth-order valence-corrected chi connectivity index (χ4v) is 2.73. The van der Waals surface area contributed by atoms with E-state index in [9.17, 15) is 4.39 Å². The first-order valence-corrected chi connectivity index (χ1v) is 7.81. The van der Waals surface area contributed by atoms with Gasteiger partial charge in [-0.15, -0.1) is 10.2 Å². The SMILES string of the molecule is Fc1ccc2nc(-c3ccco3)c(N=Nc3ccc4c(c3)OCO4)n2c1. The fourth-order valence-electron chi connectivity index (χ4n) is 2.73. The van der Waals surface area contributed by atoms with Crippen LogP contribution in [-0.4, -0.2) is 16.2 Å². The highest BCUT2D eigenvalue weighted by molar-refractivity contribution is 5.71. The Hall–Kier alpha value is -3.68. The van der Waals surface area contributed by atoms with Crippen molar-refractivity contribution in [1.29, 1.82) is 0 Å². The topological polar surface area (TPSA) is 73.6 Å². The highest BCUT2D eigenvalue weighted by Crippen LogP contribution is 2.37. The zero-order chi connectivity index (χ0) is 17.5. The summed E-state index contributed by atoms with van der Waals surface area (Å²) >= 11 is 0. The molecule has 1 aliphatic heterocycles. The zero-order valence-electron chi connectivity index (χ0n) is 13.3. The van der Waals surface area contributed by atoms with Crippen molar-refractivity contribution in [2.45, 2.75) is 0 Å². The molecule has 5 rings (SSSR count). The van der Waals surface area contributed by atoms with Crippen LogP contribution in [0.1, 0.15) is 0 Å². The van der Waals surface area contributed by atoms with Gasteiger partial charge in [0.25, 0.3) is 0 Å². The molecule has 1 aromatic carbocycles. The van der Waals surface area contributed by atoms with Crippen molar-refractivity contribution < 1.29 is 18.3 Å². The van der Waals surface area contributed by atoms with E-state index in [1.807, 2.05) is 0 Å². The normalized spacial score (nSPS) is 13.1. The molecule has 0 N–H and O–H groups in total. The average molecular weight is 350 g/mol. The molecule has 0 bridgehead atoms. The van der Waals surface area contributed by atoms with Crippen LogP contribution < -0.4 is 9.47 Å². The van der Waals surface area contributed by atoms with Crippen LogP contribution in [0.4, 0.5) is 15.9 Å². The standard InChI is InChI=1S/C18H11FN4O3/c19-11-3-6-16-20-17(14-2-1-7-24-14)18(23(16)9-11)22-21-12-4-5-13-15(8-12)26-10-25-13/h1-9H,10H2. The lowest BCUT2D eigenvalue weighted by Crippen LogP contribution is -1.92. The number of benzene rings is 1. The predicted octanol–water partition coefficient (Wildman–Crippen LogP) is 4.88. The molecule has 0 saturated heterocycles. The maximum atomic E-state index is 13.7. The van der Waals surface area contributed by atoms with Gasteiger partial charge >= 0.3 is 0 Å². The summed E-state index contributed by atoms with van der Waals surface area (Å²) < 4.78 is 31.3. The Morgan fingerprint density at radius 2 is 1.96 bits per heavy atom. The van der Waals surface area contributed by atoms with Gasteiger partial charge in [-0.3, -0.25) is 4.40 Å². The van der Waals surface area contributed by atoms with Crippen LogP contribution >= 0.6 is 0 Å². The molecule has 8 heteroatoms. The zero-order valence-corrected chi connectivity index (χ0v) is 13.3. The molecule has 0 fully saturated rings. The van der Waals surface area contributed by atoms with Crippen molar-refractivity contribution in [3.63, 3.8) is 0 Å². The summed E-state index contributed by atoms with van der Waals surface area (Å²) in [6, 6.07) is 11.7. The summed E-state index contributed by atoms with van der Waals surface area (Å²) in [5.41, 5.74) is 1.59. The molecule has 4 aromatic rings. The van der Waals surface area contributed by atoms with Gasteiger partial charge in [0.15, 0.2) is 28.8 Å². The van der Waals surface area contributed by atoms with Crippen LogP contribution in [0.15, 0.2) is 69.6 Å². The molecular weight excluding hydrogens is 339 g/mol. The lowest BCUT2D eigenvalue weighted by atomic mass is 10.3. The minimum Gasteiger partial charge on any atom is -0.463 e. The molecular formula is C18H11FN4O3. The Morgan fingerprint density at radius 3 is 2.85 bits per heavy atom. The number of azo groups is 1. The molecule has 0 amide bonds. The number of ether oxygens (including phenoxy) is 2. The Bertz CT molecular complexity index is 1140. The minimum atomic E-state index is -0.402. The van der Waals surface area contributed by atoms with E-state index in [0.29, 0.717) is 40.1 Å². The number of hydrogen-bond donors (Lipinski definition) is 0. The van der Waals surface area contributed by atoms with E-state index < -0.39 is 5.82 Å². The second kappa shape index (κ2) is 5.69. The van der Waals surface area contributed by atoms with Crippen molar-refractivity contribution in [1.82, 2.24) is 9.38 Å². The minimum absolute atomic E-state index is 0.186. The molecule has 0 aliphatic carbocycles. The number of rotatable bonds is 3. The molecule has 3 aromatic heterocycles. The first-order chi connectivity index (χ1) is 12.8. The van der Waals surface area contributed by atoms with Gasteiger partial charge in [0.2, 0.25) is 6.79 Å². The second-order valence-corrected chi connectivity index (χ2v) is 5.57. The van der Waals surface area contributed by atoms with Crippen LogP contribution in [-0.2, 0) is 0 Å². The number of imidazole rings is 1. The molecule has 4 heterocycles. The summed E-state index contributed by atoms with van der Waals surface area (Å²) in [7, 11) is 0. The van der Waals surface area contributed by atoms with Crippen molar-refractivity contribution >= 4 is 17.2 Å². The largest absolute Gasteiger partial charge is 0.463 e. The van der Waals surface area contributed by atoms with Crippen molar-refractivity contribution in [3.05, 3.63) is 60.7 Å². The van der Waals surface area contributed by atoms with Gasteiger partial charge in [0.05, 0.1) is 12.0 Å². The lowest BCUT2D eigenvalue weighted by molar-refractivity contribution is 0.174. The van der Waals surface area contributed by atoms with E-state index in [2.05, 4.69) is 15.2 Å². The maximum absolute atomic E-state index is 13.7. The Balaban J connectivity index is 1.63. The first-order valence-electron chi connectivity index (χ1n) is 7.81. The van der Waals surface area contributed by atoms with Crippen LogP contribution in [0.5, 0.6) is 11.5 Å². The third-order valence-corrected chi connectivity index (χ3v) is 3.93. The summed E-state index contributed by atoms with van der Waals surface area (Å²) in [6.07, 6.45) is 2.85. The summed E-state index contributed by atoms with van der Waals surface area (Å²) in [6.45, 7) is 0.186. The molecule has 0 unspecified atom stereocenters. The van der Waals surface area contributed by atoms with Gasteiger partial charge in [-0.2, -0.15) is 0 Å². The molecule has 0 saturated carbocycles. The number of fused-ring (bicyclic) bond motifs is 2. The van der Waals surface area contributed by atoms with Crippen molar-refractivity contribution in [2.75, 3.05) is 6.79 Å². The number of hydrogen-bond acceptors (Lipinski definition) is 6. The molecule has 0 atom stereocenters. The summed E-state index contributed by atoms with van der Waals surface area (Å²) in [5.74, 6) is 1.76. The number of aromatic nitrogens is 2. The number of nitrogens with zero attached hydrogens (tertiary/aromatic N) is 4. The van der Waals surface area contributed by atoms with Gasteiger partial charge < -0.3 is 13.9 Å². The van der Waals surface area contributed by atoms with E-state index >= 15 is 0 Å². The van der Waals surface area contributed by atoms with E-state index in [-0.39, 0.29) is 6.79 Å². The average Bonchev–Trinajstić information content (AvgIpc) is 3.38. The third-order valence-electron chi connectivity index (χ3n) is 3.93. The smallest absolute Gasteiger partial charge is 0.231 e. The Kier molecular flexibility index (Phi) is 3.21. The van der Waals surface area contributed by atoms with Gasteiger partial charge in [0.1, 0.15) is 11.5 Å². The molecule has 26 heavy (non-hydrogen) atoms. The van der Waals surface area contributed by atoms with Gasteiger partial charge in [-0.1, -0.05) is 0 Å². The van der Waals surface area contributed by atoms with Gasteiger partial charge in [0, 0.05) is 12.3 Å². The second-order valence-electron chi connectivity index (χ2n) is 5.57. The lowest BCUT2D eigenvalue weighted by Gasteiger charge is -1.99. The Morgan fingerprint density at radius 1 is 1.04 bits per heavy atom. The molecule has 1 aliphatic rings. The molecule has 0 spiro atoms. The highest BCUT2D eigenvalue weighted by Gasteiger charge is 2.17. The molecule has 0 radical (unpaired) electrons. The van der Waals surface area contributed by atoms with Crippen LogP contribution in [0.2, 0.25) is 0 Å². The van der Waals surface area contributed by atoms with Crippen LogP contribution in [0.25, 0.3) is 17.1 Å². The highest BCUT2D eigenvalue weighted by atomic mass is 19.1. The first kappa shape index (κ1) is 14.6. The third kappa shape index (κ3) is 2.39. The predicted molar refractivity (Wildman–Crippen MR) is 89.6 cm³/mol. The van der Waals surface area contributed by atoms with Crippen molar-refractivity contribution in [2.24, 2.45) is 10.2 Å². The van der Waals surface area contributed by atoms with E-state index in [1.54, 1.807) is 42.7 Å². The monoisotopic (exact) mass is 350 g/mol. The summed E-state index contributed by atoms with van der Waals surface area (Å²) in [5, 5.41) is 8.53. The summed E-state index contributed by atoms with van der Waals surface area (Å²) in [4.78, 5) is 4.47. The van der Waals surface area contributed by atoms with E-state index in [0.717, 1.165) is 0 Å². The van der Waals surface area contributed by atoms with E-state index in [1.165, 1.54) is 16.7 Å². The fraction of sp³-hybridized carbons (Fsp3) is 0.0556. The molecule has 128 valence electrons. The maximum Gasteiger partial charge on any atom is 0.231 e. The quantitative estimate of drug-likeness (QED) is 0.494. The number of furan rings is 1. The molecule has 7 nitrogen and oxygen atoms in total. The van der Waals surface area contributed by atoms with Gasteiger partial charge in [-0.05, 0) is 36.4 Å². The van der Waals surface area contributed by atoms with Crippen molar-refractivity contribution in [3.8, 4) is 23.0 Å².